The number of rotatable bonds is 3. The number of hydrogen-bond donors (Lipinski definition) is 0. The summed E-state index contributed by atoms with van der Waals surface area (Å²) < 4.78 is 6.00. The first-order chi connectivity index (χ1) is 8.72. The molecule has 1 heterocycles. The predicted molar refractivity (Wildman–Crippen MR) is 68.7 cm³/mol. The van der Waals surface area contributed by atoms with Gasteiger partial charge in [-0.25, -0.2) is 4.98 Å². The van der Waals surface area contributed by atoms with Crippen molar-refractivity contribution in [1.29, 1.82) is 0 Å². The van der Waals surface area contributed by atoms with Gasteiger partial charge in [-0.3, -0.25) is 4.79 Å². The Kier molecular flexibility index (Phi) is 3.06. The lowest BCUT2D eigenvalue weighted by Crippen LogP contribution is -2.27. The molecule has 3 rings (SSSR count). The lowest BCUT2D eigenvalue weighted by Gasteiger charge is -2.28. The van der Waals surface area contributed by atoms with Crippen LogP contribution in [0.2, 0.25) is 0 Å². The van der Waals surface area contributed by atoms with E-state index in [9.17, 15) is 4.79 Å². The summed E-state index contributed by atoms with van der Waals surface area (Å²) in [6.07, 6.45) is 8.29. The van der Waals surface area contributed by atoms with E-state index >= 15 is 0 Å². The second-order valence-corrected chi connectivity index (χ2v) is 5.67. The Morgan fingerprint density at radius 2 is 2.00 bits per heavy atom. The van der Waals surface area contributed by atoms with Crippen molar-refractivity contribution in [3.8, 4) is 5.88 Å². The molecule has 0 radical (unpaired) electrons. The minimum atomic E-state index is 0.0249. The molecule has 0 aliphatic heterocycles. The van der Waals surface area contributed by atoms with E-state index in [1.807, 2.05) is 0 Å². The number of ketones is 1. The van der Waals surface area contributed by atoms with Crippen molar-refractivity contribution in [3.05, 3.63) is 23.9 Å². The lowest BCUT2D eigenvalue weighted by atomic mass is 9.87. The molecular formula is C15H19NO2. The van der Waals surface area contributed by atoms with Crippen LogP contribution in [-0.4, -0.2) is 16.9 Å². The number of nitrogens with zero attached hydrogens (tertiary/aromatic N) is 1. The molecule has 2 aliphatic carbocycles. The number of aromatic nitrogens is 1. The van der Waals surface area contributed by atoms with Crippen LogP contribution >= 0.6 is 0 Å². The zero-order valence-electron chi connectivity index (χ0n) is 10.8. The van der Waals surface area contributed by atoms with Crippen molar-refractivity contribution in [1.82, 2.24) is 4.98 Å². The minimum Gasteiger partial charge on any atom is -0.474 e. The molecule has 0 unspecified atom stereocenters. The molecule has 1 aromatic heterocycles. The molecule has 3 atom stereocenters. The Hall–Kier alpha value is -1.38. The molecule has 18 heavy (non-hydrogen) atoms. The number of carbonyl (C=O) groups excluding carboxylic acids is 1. The summed E-state index contributed by atoms with van der Waals surface area (Å²) in [4.78, 5) is 15.8. The van der Waals surface area contributed by atoms with Gasteiger partial charge in [-0.2, -0.15) is 0 Å². The summed E-state index contributed by atoms with van der Waals surface area (Å²) in [5.41, 5.74) is 0.607. The zero-order chi connectivity index (χ0) is 12.5. The number of carbonyl (C=O) groups is 1. The van der Waals surface area contributed by atoms with Crippen molar-refractivity contribution in [3.63, 3.8) is 0 Å². The Bertz CT molecular complexity index is 446. The Balaban J connectivity index is 1.75. The van der Waals surface area contributed by atoms with Crippen LogP contribution in [0, 0.1) is 11.8 Å². The molecule has 1 aromatic rings. The fourth-order valence-electron chi connectivity index (χ4n) is 3.45. The summed E-state index contributed by atoms with van der Waals surface area (Å²) in [6.45, 7) is 1.56. The van der Waals surface area contributed by atoms with Gasteiger partial charge in [-0.1, -0.05) is 12.8 Å². The van der Waals surface area contributed by atoms with Crippen molar-refractivity contribution in [2.45, 2.75) is 45.1 Å². The highest BCUT2D eigenvalue weighted by Crippen LogP contribution is 2.43. The van der Waals surface area contributed by atoms with Crippen LogP contribution in [0.4, 0.5) is 0 Å². The van der Waals surface area contributed by atoms with Crippen LogP contribution in [0.1, 0.15) is 49.4 Å². The average Bonchev–Trinajstić information content (AvgIpc) is 2.69. The molecule has 2 bridgehead atoms. The van der Waals surface area contributed by atoms with Gasteiger partial charge in [0.25, 0.3) is 0 Å². The van der Waals surface area contributed by atoms with Gasteiger partial charge in [-0.05, 0) is 50.2 Å². The molecule has 3 heteroatoms. The van der Waals surface area contributed by atoms with Crippen LogP contribution < -0.4 is 4.74 Å². The van der Waals surface area contributed by atoms with E-state index in [4.69, 9.17) is 4.74 Å². The largest absolute Gasteiger partial charge is 0.474 e. The van der Waals surface area contributed by atoms with Crippen molar-refractivity contribution in [2.24, 2.45) is 11.8 Å². The van der Waals surface area contributed by atoms with Gasteiger partial charge in [0, 0.05) is 6.20 Å². The maximum atomic E-state index is 11.5. The molecule has 0 aromatic carbocycles. The molecule has 3 nitrogen and oxygen atoms in total. The van der Waals surface area contributed by atoms with E-state index in [0.29, 0.717) is 11.4 Å². The van der Waals surface area contributed by atoms with Gasteiger partial charge in [0.2, 0.25) is 5.88 Å². The van der Waals surface area contributed by atoms with Crippen molar-refractivity contribution < 1.29 is 9.53 Å². The SMILES string of the molecule is CC(=O)c1cccnc1O[C@@H]1C[C@@H]2CC[C@@H](C2)C1. The number of ether oxygens (including phenoxy) is 1. The molecule has 2 aliphatic rings. The summed E-state index contributed by atoms with van der Waals surface area (Å²) in [5, 5.41) is 0. The number of fused-ring (bicyclic) bond motifs is 2. The lowest BCUT2D eigenvalue weighted by molar-refractivity contribution is 0.0975. The van der Waals surface area contributed by atoms with Crippen LogP contribution in [0.15, 0.2) is 18.3 Å². The molecular weight excluding hydrogens is 226 g/mol. The minimum absolute atomic E-state index is 0.0249. The fraction of sp³-hybridized carbons (Fsp3) is 0.600. The normalized spacial score (nSPS) is 30.2. The van der Waals surface area contributed by atoms with Crippen LogP contribution in [0.5, 0.6) is 5.88 Å². The molecule has 0 N–H and O–H groups in total. The van der Waals surface area contributed by atoms with E-state index in [1.165, 1.54) is 19.3 Å². The van der Waals surface area contributed by atoms with Gasteiger partial charge >= 0.3 is 0 Å². The van der Waals surface area contributed by atoms with Gasteiger partial charge < -0.3 is 4.74 Å². The summed E-state index contributed by atoms with van der Waals surface area (Å²) in [5.74, 6) is 2.21. The molecule has 96 valence electrons. The Morgan fingerprint density at radius 1 is 1.28 bits per heavy atom. The van der Waals surface area contributed by atoms with Crippen LogP contribution in [0.3, 0.4) is 0 Å². The zero-order valence-corrected chi connectivity index (χ0v) is 10.8. The van der Waals surface area contributed by atoms with Crippen molar-refractivity contribution in [2.75, 3.05) is 0 Å². The van der Waals surface area contributed by atoms with Crippen LogP contribution in [0.25, 0.3) is 0 Å². The Morgan fingerprint density at radius 3 is 2.67 bits per heavy atom. The standard InChI is InChI=1S/C15H19NO2/c1-10(17)14-3-2-6-16-15(14)18-13-8-11-4-5-12(7-11)9-13/h2-3,6,11-13H,4-5,7-9H2,1H3/t11-,12+,13-. The molecule has 2 saturated carbocycles. The van der Waals surface area contributed by atoms with E-state index in [-0.39, 0.29) is 11.9 Å². The number of pyridine rings is 1. The van der Waals surface area contributed by atoms with Crippen LogP contribution in [-0.2, 0) is 0 Å². The highest BCUT2D eigenvalue weighted by atomic mass is 16.5. The summed E-state index contributed by atoms with van der Waals surface area (Å²) in [7, 11) is 0. The fourth-order valence-corrected chi connectivity index (χ4v) is 3.45. The molecule has 0 amide bonds. The molecule has 2 fully saturated rings. The third-order valence-electron chi connectivity index (χ3n) is 4.27. The maximum absolute atomic E-state index is 11.5. The predicted octanol–water partition coefficient (Wildman–Crippen LogP) is 3.24. The maximum Gasteiger partial charge on any atom is 0.224 e. The van der Waals surface area contributed by atoms with E-state index in [1.54, 1.807) is 25.3 Å². The van der Waals surface area contributed by atoms with Crippen molar-refractivity contribution >= 4 is 5.78 Å². The second-order valence-electron chi connectivity index (χ2n) is 5.67. The second kappa shape index (κ2) is 4.71. The van der Waals surface area contributed by atoms with E-state index < -0.39 is 0 Å². The van der Waals surface area contributed by atoms with Gasteiger partial charge in [0.15, 0.2) is 5.78 Å². The van der Waals surface area contributed by atoms with E-state index in [2.05, 4.69) is 4.98 Å². The summed E-state index contributed by atoms with van der Waals surface area (Å²) in [6, 6.07) is 3.58. The number of Topliss-reactive ketones (excluding diaryl/α,β-unsaturated/α-hetero) is 1. The highest BCUT2D eigenvalue weighted by molar-refractivity contribution is 5.96. The van der Waals surface area contributed by atoms with Gasteiger partial charge in [0.05, 0.1) is 5.56 Å². The highest BCUT2D eigenvalue weighted by Gasteiger charge is 2.35. The van der Waals surface area contributed by atoms with E-state index in [0.717, 1.165) is 24.7 Å². The smallest absolute Gasteiger partial charge is 0.224 e. The molecule has 0 saturated heterocycles. The average molecular weight is 245 g/mol. The van der Waals surface area contributed by atoms with Gasteiger partial charge in [0.1, 0.15) is 6.10 Å². The topological polar surface area (TPSA) is 39.2 Å². The quantitative estimate of drug-likeness (QED) is 0.767. The first kappa shape index (κ1) is 11.7. The Labute approximate surface area is 108 Å². The molecule has 0 spiro atoms. The third-order valence-corrected chi connectivity index (χ3v) is 4.27. The third kappa shape index (κ3) is 2.26. The summed E-state index contributed by atoms with van der Waals surface area (Å²) >= 11 is 0. The first-order valence-corrected chi connectivity index (χ1v) is 6.85. The van der Waals surface area contributed by atoms with Gasteiger partial charge in [-0.15, -0.1) is 0 Å². The first-order valence-electron chi connectivity index (χ1n) is 6.85. The number of hydrogen-bond acceptors (Lipinski definition) is 3. The monoisotopic (exact) mass is 245 g/mol.